The van der Waals surface area contributed by atoms with Crippen LogP contribution in [0.25, 0.3) is 0 Å². The highest BCUT2D eigenvalue weighted by Gasteiger charge is 2.20. The number of carbonyl (C=O) groups is 1. The van der Waals surface area contributed by atoms with Crippen LogP contribution in [0.4, 0.5) is 5.69 Å². The normalized spacial score (nSPS) is 12.1. The number of carbonyl (C=O) groups excluding carboxylic acids is 1. The fourth-order valence-electron chi connectivity index (χ4n) is 1.41. The number of amides is 1. The van der Waals surface area contributed by atoms with Gasteiger partial charge in [0.15, 0.2) is 0 Å². The first-order chi connectivity index (χ1) is 7.54. The Balaban J connectivity index is 2.65. The van der Waals surface area contributed by atoms with E-state index in [0.717, 1.165) is 6.42 Å². The van der Waals surface area contributed by atoms with E-state index in [4.69, 9.17) is 18.0 Å². The van der Waals surface area contributed by atoms with Gasteiger partial charge < -0.3 is 11.1 Å². The van der Waals surface area contributed by atoms with Gasteiger partial charge in [0.05, 0.1) is 22.8 Å². The molecule has 16 heavy (non-hydrogen) atoms. The van der Waals surface area contributed by atoms with Crippen LogP contribution in [0, 0.1) is 5.92 Å². The van der Waals surface area contributed by atoms with Gasteiger partial charge >= 0.3 is 0 Å². The zero-order valence-corrected chi connectivity index (χ0v) is 10.3. The van der Waals surface area contributed by atoms with E-state index in [1.54, 1.807) is 24.1 Å². The van der Waals surface area contributed by atoms with Gasteiger partial charge in [0.2, 0.25) is 5.91 Å². The van der Waals surface area contributed by atoms with Crippen LogP contribution in [0.2, 0.25) is 0 Å². The maximum absolute atomic E-state index is 11.8. The molecule has 1 aromatic rings. The minimum absolute atomic E-state index is 0.164. The highest BCUT2D eigenvalue weighted by Crippen LogP contribution is 2.11. The molecule has 1 unspecified atom stereocenters. The van der Waals surface area contributed by atoms with E-state index in [0.29, 0.717) is 12.1 Å². The zero-order valence-electron chi connectivity index (χ0n) is 9.43. The second kappa shape index (κ2) is 5.60. The predicted octanol–water partition coefficient (Wildman–Crippen LogP) is 1.06. The molecular formula is C10H16N4OS. The highest BCUT2D eigenvalue weighted by atomic mass is 32.1. The summed E-state index contributed by atoms with van der Waals surface area (Å²) in [6, 6.07) is 0. The Morgan fingerprint density at radius 2 is 2.44 bits per heavy atom. The van der Waals surface area contributed by atoms with Crippen LogP contribution < -0.4 is 11.1 Å². The highest BCUT2D eigenvalue weighted by molar-refractivity contribution is 7.80. The van der Waals surface area contributed by atoms with E-state index in [2.05, 4.69) is 10.4 Å². The van der Waals surface area contributed by atoms with E-state index in [9.17, 15) is 4.79 Å². The van der Waals surface area contributed by atoms with E-state index in [-0.39, 0.29) is 10.9 Å². The Morgan fingerprint density at radius 1 is 1.75 bits per heavy atom. The third kappa shape index (κ3) is 3.30. The van der Waals surface area contributed by atoms with Crippen LogP contribution in [0.1, 0.15) is 19.8 Å². The minimum Gasteiger partial charge on any atom is -0.393 e. The van der Waals surface area contributed by atoms with Crippen molar-refractivity contribution in [1.82, 2.24) is 9.78 Å². The largest absolute Gasteiger partial charge is 0.393 e. The summed E-state index contributed by atoms with van der Waals surface area (Å²) in [5.74, 6) is -0.567. The van der Waals surface area contributed by atoms with Crippen molar-refractivity contribution in [1.29, 1.82) is 0 Å². The standard InChI is InChI=1S/C10H16N4OS/c1-3-4-8(9(11)16)10(15)13-7-5-12-14(2)6-7/h5-6,8H,3-4H2,1-2H3,(H2,11,16)(H,13,15). The molecule has 88 valence electrons. The Kier molecular flexibility index (Phi) is 4.42. The molecule has 1 amide bonds. The van der Waals surface area contributed by atoms with Crippen molar-refractivity contribution < 1.29 is 4.79 Å². The molecule has 1 heterocycles. The molecule has 3 N–H and O–H groups in total. The van der Waals surface area contributed by atoms with Gasteiger partial charge in [-0.15, -0.1) is 0 Å². The smallest absolute Gasteiger partial charge is 0.234 e. The first-order valence-corrected chi connectivity index (χ1v) is 5.54. The van der Waals surface area contributed by atoms with Crippen molar-refractivity contribution in [3.05, 3.63) is 12.4 Å². The number of aromatic nitrogens is 2. The molecule has 0 radical (unpaired) electrons. The summed E-state index contributed by atoms with van der Waals surface area (Å²) < 4.78 is 1.62. The predicted molar refractivity (Wildman–Crippen MR) is 67.0 cm³/mol. The van der Waals surface area contributed by atoms with Crippen molar-refractivity contribution in [2.45, 2.75) is 19.8 Å². The first-order valence-electron chi connectivity index (χ1n) is 5.13. The first kappa shape index (κ1) is 12.6. The van der Waals surface area contributed by atoms with E-state index < -0.39 is 5.92 Å². The van der Waals surface area contributed by atoms with Crippen molar-refractivity contribution in [2.75, 3.05) is 5.32 Å². The van der Waals surface area contributed by atoms with Crippen molar-refractivity contribution in [3.63, 3.8) is 0 Å². The zero-order chi connectivity index (χ0) is 12.1. The third-order valence-electron chi connectivity index (χ3n) is 2.21. The van der Waals surface area contributed by atoms with E-state index in [1.807, 2.05) is 6.92 Å². The molecule has 1 rings (SSSR count). The monoisotopic (exact) mass is 240 g/mol. The van der Waals surface area contributed by atoms with Gasteiger partial charge in [0, 0.05) is 13.2 Å². The molecule has 1 atom stereocenters. The lowest BCUT2D eigenvalue weighted by molar-refractivity contribution is -0.118. The van der Waals surface area contributed by atoms with Crippen LogP contribution in [-0.2, 0) is 11.8 Å². The molecule has 1 aromatic heterocycles. The Morgan fingerprint density at radius 3 is 2.88 bits per heavy atom. The van der Waals surface area contributed by atoms with Crippen LogP contribution in [0.15, 0.2) is 12.4 Å². The number of nitrogens with zero attached hydrogens (tertiary/aromatic N) is 2. The topological polar surface area (TPSA) is 72.9 Å². The lowest BCUT2D eigenvalue weighted by Crippen LogP contribution is -2.33. The van der Waals surface area contributed by atoms with Gasteiger partial charge in [-0.2, -0.15) is 5.10 Å². The van der Waals surface area contributed by atoms with Gasteiger partial charge in [-0.25, -0.2) is 0 Å². The molecule has 0 aliphatic heterocycles. The SMILES string of the molecule is CCCC(C(=O)Nc1cnn(C)c1)C(N)=S. The summed E-state index contributed by atoms with van der Waals surface area (Å²) in [7, 11) is 1.78. The van der Waals surface area contributed by atoms with Gasteiger partial charge in [0.25, 0.3) is 0 Å². The summed E-state index contributed by atoms with van der Waals surface area (Å²) in [6.45, 7) is 1.99. The second-order valence-corrected chi connectivity index (χ2v) is 4.11. The van der Waals surface area contributed by atoms with E-state index in [1.165, 1.54) is 0 Å². The number of anilines is 1. The summed E-state index contributed by atoms with van der Waals surface area (Å²) in [5, 5.41) is 6.70. The third-order valence-corrected chi connectivity index (χ3v) is 2.49. The quantitative estimate of drug-likeness (QED) is 0.755. The number of rotatable bonds is 5. The van der Waals surface area contributed by atoms with E-state index >= 15 is 0 Å². The molecule has 5 nitrogen and oxygen atoms in total. The number of nitrogens with two attached hydrogens (primary N) is 1. The molecule has 0 aliphatic carbocycles. The van der Waals surface area contributed by atoms with Gasteiger partial charge in [0.1, 0.15) is 0 Å². The maximum Gasteiger partial charge on any atom is 0.234 e. The summed E-state index contributed by atoms with van der Waals surface area (Å²) in [4.78, 5) is 12.1. The van der Waals surface area contributed by atoms with Crippen LogP contribution in [-0.4, -0.2) is 20.7 Å². The van der Waals surface area contributed by atoms with Crippen LogP contribution >= 0.6 is 12.2 Å². The molecule has 0 saturated carbocycles. The van der Waals surface area contributed by atoms with Crippen molar-refractivity contribution in [2.24, 2.45) is 18.7 Å². The van der Waals surface area contributed by atoms with Gasteiger partial charge in [-0.05, 0) is 6.42 Å². The number of aryl methyl sites for hydroxylation is 1. The lowest BCUT2D eigenvalue weighted by Gasteiger charge is -2.13. The number of hydrogen-bond acceptors (Lipinski definition) is 3. The molecular weight excluding hydrogens is 224 g/mol. The Hall–Kier alpha value is -1.43. The molecule has 0 aliphatic rings. The van der Waals surface area contributed by atoms with Crippen LogP contribution in [0.3, 0.4) is 0 Å². The van der Waals surface area contributed by atoms with Crippen molar-refractivity contribution >= 4 is 28.8 Å². The molecule has 0 saturated heterocycles. The summed E-state index contributed by atoms with van der Waals surface area (Å²) >= 11 is 4.88. The fourth-order valence-corrected chi connectivity index (χ4v) is 1.63. The Bertz CT molecular complexity index is 388. The summed E-state index contributed by atoms with van der Waals surface area (Å²) in [5.41, 5.74) is 6.19. The van der Waals surface area contributed by atoms with Crippen molar-refractivity contribution in [3.8, 4) is 0 Å². The number of hydrogen-bond donors (Lipinski definition) is 2. The average Bonchev–Trinajstić information content (AvgIpc) is 2.59. The molecule has 0 spiro atoms. The molecule has 0 aromatic carbocycles. The average molecular weight is 240 g/mol. The summed E-state index contributed by atoms with van der Waals surface area (Å²) in [6.07, 6.45) is 4.84. The minimum atomic E-state index is -0.403. The maximum atomic E-state index is 11.8. The second-order valence-electron chi connectivity index (χ2n) is 3.64. The molecule has 0 bridgehead atoms. The van der Waals surface area contributed by atoms with Gasteiger partial charge in [-0.3, -0.25) is 9.48 Å². The molecule has 6 heteroatoms. The fraction of sp³-hybridized carbons (Fsp3) is 0.500. The number of nitrogens with one attached hydrogen (secondary N) is 1. The number of thiocarbonyl (C=S) groups is 1. The van der Waals surface area contributed by atoms with Crippen LogP contribution in [0.5, 0.6) is 0 Å². The molecule has 0 fully saturated rings. The Labute approximate surface area is 100 Å². The van der Waals surface area contributed by atoms with Gasteiger partial charge in [-0.1, -0.05) is 25.6 Å². The lowest BCUT2D eigenvalue weighted by atomic mass is 10.0.